The monoisotopic (exact) mass is 263 g/mol. The van der Waals surface area contributed by atoms with Gasteiger partial charge in [-0.3, -0.25) is 9.78 Å². The topological polar surface area (TPSA) is 54.0 Å². The lowest BCUT2D eigenvalue weighted by Gasteiger charge is -2.17. The molecular weight excluding hydrogens is 238 g/mol. The third-order valence-electron chi connectivity index (χ3n) is 3.38. The zero-order chi connectivity index (χ0) is 14.4. The normalized spacial score (nSPS) is 12.3. The number of carbonyl (C=O) groups is 1. The van der Waals surface area contributed by atoms with Crippen LogP contribution in [0.1, 0.15) is 43.7 Å². The van der Waals surface area contributed by atoms with Crippen LogP contribution in [0.25, 0.3) is 0 Å². The summed E-state index contributed by atoms with van der Waals surface area (Å²) in [5, 5.41) is 6.19. The molecule has 0 radical (unpaired) electrons. The number of rotatable bonds is 6. The minimum absolute atomic E-state index is 0.0593. The molecule has 1 atom stereocenters. The van der Waals surface area contributed by atoms with Gasteiger partial charge in [0.25, 0.3) is 5.91 Å². The quantitative estimate of drug-likeness (QED) is 0.829. The van der Waals surface area contributed by atoms with E-state index in [1.54, 1.807) is 6.20 Å². The van der Waals surface area contributed by atoms with Crippen LogP contribution in [-0.4, -0.2) is 24.0 Å². The summed E-state index contributed by atoms with van der Waals surface area (Å²) < 4.78 is 0. The maximum absolute atomic E-state index is 12.2. The van der Waals surface area contributed by atoms with Gasteiger partial charge in [0.05, 0.1) is 11.3 Å². The number of nitrogens with one attached hydrogen (secondary N) is 2. The van der Waals surface area contributed by atoms with Crippen LogP contribution in [0.4, 0.5) is 5.69 Å². The molecule has 106 valence electrons. The largest absolute Gasteiger partial charge is 0.385 e. The number of pyridine rings is 1. The predicted molar refractivity (Wildman–Crippen MR) is 79.5 cm³/mol. The van der Waals surface area contributed by atoms with E-state index in [9.17, 15) is 4.79 Å². The lowest BCUT2D eigenvalue weighted by Crippen LogP contribution is -2.30. The Morgan fingerprint density at radius 2 is 2.05 bits per heavy atom. The van der Waals surface area contributed by atoms with Gasteiger partial charge in [-0.2, -0.15) is 0 Å². The first-order valence-corrected chi connectivity index (χ1v) is 6.94. The molecule has 1 aromatic rings. The highest BCUT2D eigenvalue weighted by Gasteiger charge is 2.14. The van der Waals surface area contributed by atoms with Crippen LogP contribution in [-0.2, 0) is 0 Å². The van der Waals surface area contributed by atoms with Crippen molar-refractivity contribution in [1.82, 2.24) is 10.3 Å². The molecule has 0 bridgehead atoms. The van der Waals surface area contributed by atoms with E-state index >= 15 is 0 Å². The van der Waals surface area contributed by atoms with E-state index in [2.05, 4.69) is 36.4 Å². The molecule has 0 fully saturated rings. The van der Waals surface area contributed by atoms with Crippen molar-refractivity contribution >= 4 is 11.6 Å². The molecule has 0 saturated heterocycles. The maximum atomic E-state index is 12.2. The molecule has 0 aromatic carbocycles. The molecule has 4 nitrogen and oxygen atoms in total. The highest BCUT2D eigenvalue weighted by Crippen LogP contribution is 2.16. The minimum Gasteiger partial charge on any atom is -0.385 e. The molecular formula is C15H25N3O. The van der Waals surface area contributed by atoms with Crippen molar-refractivity contribution in [2.45, 2.75) is 34.6 Å². The van der Waals surface area contributed by atoms with Crippen molar-refractivity contribution in [2.24, 2.45) is 11.8 Å². The van der Waals surface area contributed by atoms with Gasteiger partial charge < -0.3 is 10.6 Å². The molecule has 1 aromatic heterocycles. The zero-order valence-electron chi connectivity index (χ0n) is 12.6. The lowest BCUT2D eigenvalue weighted by molar-refractivity contribution is 0.0945. The summed E-state index contributed by atoms with van der Waals surface area (Å²) in [6.45, 7) is 11.9. The van der Waals surface area contributed by atoms with Gasteiger partial charge >= 0.3 is 0 Å². The smallest absolute Gasteiger partial charge is 0.254 e. The molecule has 4 heteroatoms. The van der Waals surface area contributed by atoms with E-state index in [-0.39, 0.29) is 5.91 Å². The van der Waals surface area contributed by atoms with Crippen molar-refractivity contribution in [3.05, 3.63) is 23.5 Å². The Balaban J connectivity index is 2.76. The van der Waals surface area contributed by atoms with Crippen molar-refractivity contribution in [2.75, 3.05) is 18.4 Å². The van der Waals surface area contributed by atoms with Gasteiger partial charge in [0.2, 0.25) is 0 Å². The summed E-state index contributed by atoms with van der Waals surface area (Å²) in [6.07, 6.45) is 1.64. The highest BCUT2D eigenvalue weighted by atomic mass is 16.1. The van der Waals surface area contributed by atoms with Crippen LogP contribution in [0.2, 0.25) is 0 Å². The Labute approximate surface area is 116 Å². The Bertz CT molecular complexity index is 429. The number of nitrogens with zero attached hydrogens (tertiary/aromatic N) is 1. The van der Waals surface area contributed by atoms with Crippen LogP contribution in [0.3, 0.4) is 0 Å². The van der Waals surface area contributed by atoms with E-state index in [1.165, 1.54) is 0 Å². The van der Waals surface area contributed by atoms with Crippen LogP contribution in [0.5, 0.6) is 0 Å². The number of amides is 1. The molecule has 2 N–H and O–H groups in total. The first kappa shape index (κ1) is 15.5. The van der Waals surface area contributed by atoms with E-state index in [0.717, 1.165) is 17.9 Å². The van der Waals surface area contributed by atoms with Crippen LogP contribution in [0, 0.1) is 18.8 Å². The van der Waals surface area contributed by atoms with E-state index in [1.807, 2.05) is 19.9 Å². The molecule has 1 heterocycles. The molecule has 1 unspecified atom stereocenters. The SMILES string of the molecule is CCNc1cc(C)ncc1C(=O)NCC(C)C(C)C. The highest BCUT2D eigenvalue weighted by molar-refractivity contribution is 5.99. The number of aromatic nitrogens is 1. The number of anilines is 1. The second-order valence-electron chi connectivity index (χ2n) is 5.33. The van der Waals surface area contributed by atoms with Gasteiger partial charge in [0.1, 0.15) is 0 Å². The maximum Gasteiger partial charge on any atom is 0.254 e. The minimum atomic E-state index is -0.0593. The molecule has 0 saturated carbocycles. The summed E-state index contributed by atoms with van der Waals surface area (Å²) in [5.74, 6) is 0.963. The number of carbonyl (C=O) groups excluding carboxylic acids is 1. The van der Waals surface area contributed by atoms with Crippen LogP contribution >= 0.6 is 0 Å². The molecule has 1 amide bonds. The van der Waals surface area contributed by atoms with Gasteiger partial charge in [-0.25, -0.2) is 0 Å². The first-order chi connectivity index (χ1) is 8.95. The first-order valence-electron chi connectivity index (χ1n) is 6.94. The fourth-order valence-corrected chi connectivity index (χ4v) is 1.66. The van der Waals surface area contributed by atoms with Gasteiger partial charge in [-0.1, -0.05) is 20.8 Å². The van der Waals surface area contributed by atoms with Gasteiger partial charge in [0, 0.05) is 25.0 Å². The second kappa shape index (κ2) is 7.12. The molecule has 0 aliphatic rings. The fourth-order valence-electron chi connectivity index (χ4n) is 1.66. The fraction of sp³-hybridized carbons (Fsp3) is 0.600. The predicted octanol–water partition coefficient (Wildman–Crippen LogP) is 2.84. The molecule has 1 rings (SSSR count). The number of hydrogen-bond acceptors (Lipinski definition) is 3. The molecule has 0 spiro atoms. The average Bonchev–Trinajstić information content (AvgIpc) is 2.36. The molecule has 0 aliphatic carbocycles. The summed E-state index contributed by atoms with van der Waals surface area (Å²) in [6, 6.07) is 1.91. The number of hydrogen-bond donors (Lipinski definition) is 2. The molecule has 19 heavy (non-hydrogen) atoms. The third kappa shape index (κ3) is 4.54. The van der Waals surface area contributed by atoms with E-state index in [0.29, 0.717) is 23.9 Å². The lowest BCUT2D eigenvalue weighted by atomic mass is 9.98. The Kier molecular flexibility index (Phi) is 5.80. The van der Waals surface area contributed by atoms with E-state index < -0.39 is 0 Å². The van der Waals surface area contributed by atoms with Gasteiger partial charge in [-0.05, 0) is 31.7 Å². The number of aryl methyl sites for hydroxylation is 1. The van der Waals surface area contributed by atoms with Gasteiger partial charge in [0.15, 0.2) is 0 Å². The Morgan fingerprint density at radius 1 is 1.37 bits per heavy atom. The summed E-state index contributed by atoms with van der Waals surface area (Å²) >= 11 is 0. The molecule has 0 aliphatic heterocycles. The van der Waals surface area contributed by atoms with Crippen LogP contribution < -0.4 is 10.6 Å². The Hall–Kier alpha value is -1.58. The van der Waals surface area contributed by atoms with Crippen molar-refractivity contribution < 1.29 is 4.79 Å². The summed E-state index contributed by atoms with van der Waals surface area (Å²) in [7, 11) is 0. The van der Waals surface area contributed by atoms with Gasteiger partial charge in [-0.15, -0.1) is 0 Å². The Morgan fingerprint density at radius 3 is 2.63 bits per heavy atom. The zero-order valence-corrected chi connectivity index (χ0v) is 12.6. The van der Waals surface area contributed by atoms with Crippen molar-refractivity contribution in [3.8, 4) is 0 Å². The standard InChI is InChI=1S/C15H25N3O/c1-6-16-14-7-12(5)17-9-13(14)15(19)18-8-11(4)10(2)3/h7,9-11H,6,8H2,1-5H3,(H,16,17)(H,18,19). The second-order valence-corrected chi connectivity index (χ2v) is 5.33. The third-order valence-corrected chi connectivity index (χ3v) is 3.38. The van der Waals surface area contributed by atoms with E-state index in [4.69, 9.17) is 0 Å². The summed E-state index contributed by atoms with van der Waals surface area (Å²) in [5.41, 5.74) is 2.37. The summed E-state index contributed by atoms with van der Waals surface area (Å²) in [4.78, 5) is 16.4. The van der Waals surface area contributed by atoms with Crippen molar-refractivity contribution in [3.63, 3.8) is 0 Å². The van der Waals surface area contributed by atoms with Crippen LogP contribution in [0.15, 0.2) is 12.3 Å². The van der Waals surface area contributed by atoms with Crippen molar-refractivity contribution in [1.29, 1.82) is 0 Å². The average molecular weight is 263 g/mol.